The molecular formula is C15H30O4. The number of aliphatic hydroxyl groups is 4. The third kappa shape index (κ3) is 3.91. The molecule has 1 saturated carbocycles. The molecule has 0 aliphatic heterocycles. The van der Waals surface area contributed by atoms with E-state index in [9.17, 15) is 20.4 Å². The SMILES string of the molecule is C[C@@H]1[C@@H](C(C)(O)CCC(O)C(C)(C)O)CC[C@]1(C)O. The molecule has 2 unspecified atom stereocenters. The van der Waals surface area contributed by atoms with Gasteiger partial charge in [-0.25, -0.2) is 0 Å². The Kier molecular flexibility index (Phi) is 4.73. The molecule has 0 saturated heterocycles. The van der Waals surface area contributed by atoms with Gasteiger partial charge in [0.2, 0.25) is 0 Å². The Morgan fingerprint density at radius 2 is 1.79 bits per heavy atom. The van der Waals surface area contributed by atoms with Crippen LogP contribution in [0.1, 0.15) is 60.3 Å². The predicted molar refractivity (Wildman–Crippen MR) is 74.7 cm³/mol. The highest BCUT2D eigenvalue weighted by Gasteiger charge is 2.48. The summed E-state index contributed by atoms with van der Waals surface area (Å²) in [5, 5.41) is 40.4. The average molecular weight is 274 g/mol. The van der Waals surface area contributed by atoms with Crippen molar-refractivity contribution in [2.24, 2.45) is 11.8 Å². The van der Waals surface area contributed by atoms with Crippen LogP contribution in [0, 0.1) is 11.8 Å². The van der Waals surface area contributed by atoms with Crippen molar-refractivity contribution in [3.8, 4) is 0 Å². The van der Waals surface area contributed by atoms with Crippen molar-refractivity contribution < 1.29 is 20.4 Å². The van der Waals surface area contributed by atoms with Crippen molar-refractivity contribution >= 4 is 0 Å². The molecule has 0 radical (unpaired) electrons. The van der Waals surface area contributed by atoms with Crippen molar-refractivity contribution in [2.75, 3.05) is 0 Å². The third-order valence-corrected chi connectivity index (χ3v) is 5.08. The Hall–Kier alpha value is -0.160. The van der Waals surface area contributed by atoms with E-state index in [1.165, 1.54) is 0 Å². The van der Waals surface area contributed by atoms with Crippen molar-refractivity contribution in [1.82, 2.24) is 0 Å². The molecular weight excluding hydrogens is 244 g/mol. The zero-order valence-electron chi connectivity index (χ0n) is 12.8. The van der Waals surface area contributed by atoms with Gasteiger partial charge in [0, 0.05) is 0 Å². The molecule has 0 bridgehead atoms. The lowest BCUT2D eigenvalue weighted by Gasteiger charge is -2.37. The van der Waals surface area contributed by atoms with E-state index in [-0.39, 0.29) is 11.8 Å². The van der Waals surface area contributed by atoms with Gasteiger partial charge in [-0.2, -0.15) is 0 Å². The molecule has 1 aliphatic rings. The Labute approximate surface area is 116 Å². The second-order valence-electron chi connectivity index (χ2n) is 7.36. The van der Waals surface area contributed by atoms with Crippen LogP contribution in [0.5, 0.6) is 0 Å². The summed E-state index contributed by atoms with van der Waals surface area (Å²) in [6.07, 6.45) is 1.41. The Balaban J connectivity index is 2.62. The monoisotopic (exact) mass is 274 g/mol. The third-order valence-electron chi connectivity index (χ3n) is 5.08. The van der Waals surface area contributed by atoms with E-state index >= 15 is 0 Å². The minimum Gasteiger partial charge on any atom is -0.390 e. The zero-order valence-corrected chi connectivity index (χ0v) is 12.8. The summed E-state index contributed by atoms with van der Waals surface area (Å²) >= 11 is 0. The van der Waals surface area contributed by atoms with Gasteiger partial charge in [0.1, 0.15) is 0 Å². The standard InChI is InChI=1S/C15H30O4/c1-10-11(6-8-14(10,4)18)15(5,19)9-7-12(16)13(2,3)17/h10-12,16-19H,6-9H2,1-5H3/t10-,11+,12?,14+,15?/m1/s1. The molecule has 5 atom stereocenters. The highest BCUT2D eigenvalue weighted by Crippen LogP contribution is 2.46. The average Bonchev–Trinajstić information content (AvgIpc) is 2.50. The van der Waals surface area contributed by atoms with E-state index in [2.05, 4.69) is 0 Å². The summed E-state index contributed by atoms with van der Waals surface area (Å²) in [4.78, 5) is 0. The summed E-state index contributed by atoms with van der Waals surface area (Å²) in [5.74, 6) is 0.0540. The first-order valence-corrected chi connectivity index (χ1v) is 7.23. The highest BCUT2D eigenvalue weighted by molar-refractivity contribution is 4.99. The van der Waals surface area contributed by atoms with Gasteiger partial charge in [0.15, 0.2) is 0 Å². The molecule has 0 aromatic carbocycles. The second kappa shape index (κ2) is 5.32. The molecule has 0 heterocycles. The van der Waals surface area contributed by atoms with Gasteiger partial charge in [0.25, 0.3) is 0 Å². The van der Waals surface area contributed by atoms with E-state index < -0.39 is 22.9 Å². The van der Waals surface area contributed by atoms with Gasteiger partial charge in [-0.05, 0) is 65.2 Å². The van der Waals surface area contributed by atoms with E-state index in [1.54, 1.807) is 20.8 Å². The van der Waals surface area contributed by atoms with Crippen LogP contribution in [0.2, 0.25) is 0 Å². The summed E-state index contributed by atoms with van der Waals surface area (Å²) in [6, 6.07) is 0. The van der Waals surface area contributed by atoms with E-state index in [0.717, 1.165) is 6.42 Å². The fourth-order valence-electron chi connectivity index (χ4n) is 3.18. The Morgan fingerprint density at radius 1 is 1.26 bits per heavy atom. The molecule has 4 nitrogen and oxygen atoms in total. The molecule has 4 heteroatoms. The fraction of sp³-hybridized carbons (Fsp3) is 1.00. The number of aliphatic hydroxyl groups excluding tert-OH is 1. The first-order chi connectivity index (χ1) is 8.38. The zero-order chi connectivity index (χ0) is 15.1. The van der Waals surface area contributed by atoms with Gasteiger partial charge in [0.05, 0.1) is 22.9 Å². The Bertz CT molecular complexity index is 304. The van der Waals surface area contributed by atoms with Crippen molar-refractivity contribution in [1.29, 1.82) is 0 Å². The molecule has 1 rings (SSSR count). The highest BCUT2D eigenvalue weighted by atomic mass is 16.3. The van der Waals surface area contributed by atoms with Crippen LogP contribution in [-0.2, 0) is 0 Å². The van der Waals surface area contributed by atoms with Crippen LogP contribution in [-0.4, -0.2) is 43.3 Å². The molecule has 1 fully saturated rings. The van der Waals surface area contributed by atoms with Crippen molar-refractivity contribution in [3.63, 3.8) is 0 Å². The lowest BCUT2D eigenvalue weighted by Crippen LogP contribution is -2.43. The molecule has 0 aromatic rings. The largest absolute Gasteiger partial charge is 0.390 e. The minimum absolute atomic E-state index is 0.0245. The topological polar surface area (TPSA) is 80.9 Å². The van der Waals surface area contributed by atoms with Gasteiger partial charge in [-0.3, -0.25) is 0 Å². The maximum atomic E-state index is 10.6. The summed E-state index contributed by atoms with van der Waals surface area (Å²) in [6.45, 7) is 8.69. The fourth-order valence-corrected chi connectivity index (χ4v) is 3.18. The lowest BCUT2D eigenvalue weighted by molar-refractivity contribution is -0.0841. The quantitative estimate of drug-likeness (QED) is 0.611. The van der Waals surface area contributed by atoms with Crippen LogP contribution in [0.15, 0.2) is 0 Å². The van der Waals surface area contributed by atoms with Crippen LogP contribution in [0.25, 0.3) is 0 Å². The summed E-state index contributed by atoms with van der Waals surface area (Å²) in [7, 11) is 0. The van der Waals surface area contributed by atoms with Crippen LogP contribution in [0.4, 0.5) is 0 Å². The molecule has 0 amide bonds. The molecule has 114 valence electrons. The molecule has 1 aliphatic carbocycles. The van der Waals surface area contributed by atoms with E-state index in [1.807, 2.05) is 13.8 Å². The number of hydrogen-bond donors (Lipinski definition) is 4. The van der Waals surface area contributed by atoms with Crippen molar-refractivity contribution in [2.45, 2.75) is 83.2 Å². The van der Waals surface area contributed by atoms with Crippen LogP contribution < -0.4 is 0 Å². The normalized spacial score (nSPS) is 37.1. The number of hydrogen-bond acceptors (Lipinski definition) is 4. The Morgan fingerprint density at radius 3 is 2.16 bits per heavy atom. The van der Waals surface area contributed by atoms with Crippen LogP contribution in [0.3, 0.4) is 0 Å². The number of rotatable bonds is 5. The molecule has 4 N–H and O–H groups in total. The summed E-state index contributed by atoms with van der Waals surface area (Å²) in [5.41, 5.74) is -2.79. The lowest BCUT2D eigenvalue weighted by atomic mass is 9.76. The first-order valence-electron chi connectivity index (χ1n) is 7.23. The van der Waals surface area contributed by atoms with Gasteiger partial charge in [-0.15, -0.1) is 0 Å². The van der Waals surface area contributed by atoms with Gasteiger partial charge >= 0.3 is 0 Å². The maximum Gasteiger partial charge on any atom is 0.0849 e. The van der Waals surface area contributed by atoms with Gasteiger partial charge in [-0.1, -0.05) is 6.92 Å². The minimum atomic E-state index is -1.15. The molecule has 0 spiro atoms. The van der Waals surface area contributed by atoms with Crippen LogP contribution >= 0.6 is 0 Å². The van der Waals surface area contributed by atoms with Crippen molar-refractivity contribution in [3.05, 3.63) is 0 Å². The maximum absolute atomic E-state index is 10.6. The molecule has 19 heavy (non-hydrogen) atoms. The van der Waals surface area contributed by atoms with E-state index in [4.69, 9.17) is 0 Å². The first kappa shape index (κ1) is 16.9. The van der Waals surface area contributed by atoms with Gasteiger partial charge < -0.3 is 20.4 Å². The smallest absolute Gasteiger partial charge is 0.0849 e. The molecule has 0 aromatic heterocycles. The second-order valence-corrected chi connectivity index (χ2v) is 7.36. The predicted octanol–water partition coefficient (Wildman–Crippen LogP) is 1.45. The summed E-state index contributed by atoms with van der Waals surface area (Å²) < 4.78 is 0. The van der Waals surface area contributed by atoms with E-state index in [0.29, 0.717) is 19.3 Å².